The second-order valence-electron chi connectivity index (χ2n) is 5.72. The van der Waals surface area contributed by atoms with E-state index in [1.165, 1.54) is 23.3 Å². The molecule has 0 saturated heterocycles. The van der Waals surface area contributed by atoms with Gasteiger partial charge in [-0.2, -0.15) is 0 Å². The van der Waals surface area contributed by atoms with E-state index >= 15 is 0 Å². The summed E-state index contributed by atoms with van der Waals surface area (Å²) in [6, 6.07) is 13.0. The lowest BCUT2D eigenvalue weighted by Crippen LogP contribution is -2.13. The number of carbonyl (C=O) groups excluding carboxylic acids is 1. The zero-order valence-electron chi connectivity index (χ0n) is 13.4. The summed E-state index contributed by atoms with van der Waals surface area (Å²) in [5.41, 5.74) is 4.02. The second kappa shape index (κ2) is 7.58. The predicted molar refractivity (Wildman–Crippen MR) is 90.9 cm³/mol. The van der Waals surface area contributed by atoms with Crippen LogP contribution in [0.5, 0.6) is 0 Å². The molecule has 0 atom stereocenters. The monoisotopic (exact) mass is 311 g/mol. The summed E-state index contributed by atoms with van der Waals surface area (Å²) >= 11 is 0. The topological polar surface area (TPSA) is 66.4 Å². The normalized spacial score (nSPS) is 10.3. The number of carboxylic acid groups (broad SMARTS) is 1. The van der Waals surface area contributed by atoms with Gasteiger partial charge in [-0.05, 0) is 49.9 Å². The van der Waals surface area contributed by atoms with Crippen LogP contribution in [-0.4, -0.2) is 17.0 Å². The Bertz CT molecular complexity index is 705. The van der Waals surface area contributed by atoms with E-state index in [1.54, 1.807) is 6.07 Å². The fourth-order valence-corrected chi connectivity index (χ4v) is 2.31. The number of anilines is 1. The standard InChI is InChI=1S/C19H21NO3/c1-13-6-9-15(10-7-13)4-3-5-18(21)20-17-12-16(19(22)23)11-8-14(17)2/h6-12H,3-5H2,1-2H3,(H,20,21)(H,22,23). The molecule has 0 aromatic heterocycles. The van der Waals surface area contributed by atoms with Gasteiger partial charge in [-0.15, -0.1) is 0 Å². The molecule has 2 rings (SSSR count). The van der Waals surface area contributed by atoms with Crippen molar-refractivity contribution in [2.75, 3.05) is 5.32 Å². The van der Waals surface area contributed by atoms with Crippen LogP contribution in [0.1, 0.15) is 39.9 Å². The number of nitrogens with one attached hydrogen (secondary N) is 1. The minimum absolute atomic E-state index is 0.0947. The molecule has 23 heavy (non-hydrogen) atoms. The summed E-state index contributed by atoms with van der Waals surface area (Å²) in [5.74, 6) is -1.09. The number of hydrogen-bond acceptors (Lipinski definition) is 2. The molecule has 2 aromatic rings. The molecule has 0 aliphatic carbocycles. The van der Waals surface area contributed by atoms with E-state index < -0.39 is 5.97 Å². The van der Waals surface area contributed by atoms with Gasteiger partial charge in [0.2, 0.25) is 5.91 Å². The van der Waals surface area contributed by atoms with Crippen LogP contribution >= 0.6 is 0 Å². The highest BCUT2D eigenvalue weighted by Crippen LogP contribution is 2.17. The summed E-state index contributed by atoms with van der Waals surface area (Å²) in [7, 11) is 0. The van der Waals surface area contributed by atoms with Gasteiger partial charge >= 0.3 is 5.97 Å². The minimum Gasteiger partial charge on any atom is -0.478 e. The molecule has 0 spiro atoms. The largest absolute Gasteiger partial charge is 0.478 e. The lowest BCUT2D eigenvalue weighted by Gasteiger charge is -2.09. The molecule has 0 bridgehead atoms. The zero-order chi connectivity index (χ0) is 16.8. The minimum atomic E-state index is -1.00. The Morgan fingerprint density at radius 2 is 1.74 bits per heavy atom. The average Bonchev–Trinajstić information content (AvgIpc) is 2.51. The van der Waals surface area contributed by atoms with Crippen molar-refractivity contribution < 1.29 is 14.7 Å². The first-order chi connectivity index (χ1) is 11.0. The molecule has 0 aliphatic heterocycles. The second-order valence-corrected chi connectivity index (χ2v) is 5.72. The maximum atomic E-state index is 12.0. The van der Waals surface area contributed by atoms with Crippen LogP contribution in [0.2, 0.25) is 0 Å². The van der Waals surface area contributed by atoms with E-state index in [4.69, 9.17) is 5.11 Å². The molecule has 0 unspecified atom stereocenters. The van der Waals surface area contributed by atoms with Crippen molar-refractivity contribution in [2.24, 2.45) is 0 Å². The van der Waals surface area contributed by atoms with Gasteiger partial charge in [0.05, 0.1) is 5.56 Å². The molecular formula is C19H21NO3. The van der Waals surface area contributed by atoms with E-state index in [9.17, 15) is 9.59 Å². The number of carbonyl (C=O) groups is 2. The fourth-order valence-electron chi connectivity index (χ4n) is 2.31. The quantitative estimate of drug-likeness (QED) is 0.848. The third kappa shape index (κ3) is 4.95. The van der Waals surface area contributed by atoms with Gasteiger partial charge < -0.3 is 10.4 Å². The SMILES string of the molecule is Cc1ccc(CCCC(=O)Nc2cc(C(=O)O)ccc2C)cc1. The number of rotatable bonds is 6. The molecule has 1 amide bonds. The molecule has 4 heteroatoms. The van der Waals surface area contributed by atoms with Crippen LogP contribution in [0.15, 0.2) is 42.5 Å². The molecule has 0 radical (unpaired) electrons. The van der Waals surface area contributed by atoms with Crippen LogP contribution in [0.25, 0.3) is 0 Å². The van der Waals surface area contributed by atoms with E-state index in [2.05, 4.69) is 29.6 Å². The number of aryl methyl sites for hydroxylation is 3. The molecule has 0 fully saturated rings. The third-order valence-corrected chi connectivity index (χ3v) is 3.75. The van der Waals surface area contributed by atoms with Gasteiger partial charge in [0.25, 0.3) is 0 Å². The Kier molecular flexibility index (Phi) is 5.52. The summed E-state index contributed by atoms with van der Waals surface area (Å²) in [5, 5.41) is 11.8. The highest BCUT2D eigenvalue weighted by atomic mass is 16.4. The summed E-state index contributed by atoms with van der Waals surface area (Å²) in [6.45, 7) is 3.89. The maximum absolute atomic E-state index is 12.0. The molecule has 2 N–H and O–H groups in total. The molecule has 0 heterocycles. The van der Waals surface area contributed by atoms with Crippen molar-refractivity contribution >= 4 is 17.6 Å². The Hall–Kier alpha value is -2.62. The summed E-state index contributed by atoms with van der Waals surface area (Å²) in [6.07, 6.45) is 2.01. The Morgan fingerprint density at radius 1 is 1.04 bits per heavy atom. The van der Waals surface area contributed by atoms with Crippen molar-refractivity contribution in [2.45, 2.75) is 33.1 Å². The number of carboxylic acids is 1. The van der Waals surface area contributed by atoms with E-state index in [0.717, 1.165) is 18.4 Å². The first kappa shape index (κ1) is 16.7. The number of amides is 1. The first-order valence-electron chi connectivity index (χ1n) is 7.65. The van der Waals surface area contributed by atoms with Crippen LogP contribution in [0, 0.1) is 13.8 Å². The average molecular weight is 311 g/mol. The van der Waals surface area contributed by atoms with Crippen LogP contribution in [0.3, 0.4) is 0 Å². The van der Waals surface area contributed by atoms with Gasteiger partial charge in [-0.3, -0.25) is 4.79 Å². The van der Waals surface area contributed by atoms with E-state index in [1.807, 2.05) is 13.8 Å². The third-order valence-electron chi connectivity index (χ3n) is 3.75. The molecular weight excluding hydrogens is 290 g/mol. The van der Waals surface area contributed by atoms with Gasteiger partial charge in [-0.25, -0.2) is 4.79 Å². The van der Waals surface area contributed by atoms with E-state index in [0.29, 0.717) is 12.1 Å². The first-order valence-corrected chi connectivity index (χ1v) is 7.65. The fraction of sp³-hybridized carbons (Fsp3) is 0.263. The van der Waals surface area contributed by atoms with Crippen LogP contribution in [-0.2, 0) is 11.2 Å². The van der Waals surface area contributed by atoms with Crippen molar-refractivity contribution in [3.63, 3.8) is 0 Å². The highest BCUT2D eigenvalue weighted by Gasteiger charge is 2.09. The van der Waals surface area contributed by atoms with Crippen molar-refractivity contribution in [3.8, 4) is 0 Å². The van der Waals surface area contributed by atoms with Crippen LogP contribution in [0.4, 0.5) is 5.69 Å². The van der Waals surface area contributed by atoms with Gasteiger partial charge in [-0.1, -0.05) is 35.9 Å². The maximum Gasteiger partial charge on any atom is 0.335 e. The van der Waals surface area contributed by atoms with E-state index in [-0.39, 0.29) is 11.5 Å². The molecule has 4 nitrogen and oxygen atoms in total. The Labute approximate surface area is 136 Å². The van der Waals surface area contributed by atoms with Crippen molar-refractivity contribution in [1.29, 1.82) is 0 Å². The lowest BCUT2D eigenvalue weighted by atomic mass is 10.1. The zero-order valence-corrected chi connectivity index (χ0v) is 13.4. The van der Waals surface area contributed by atoms with Crippen LogP contribution < -0.4 is 5.32 Å². The summed E-state index contributed by atoms with van der Waals surface area (Å²) < 4.78 is 0. The van der Waals surface area contributed by atoms with Gasteiger partial charge in [0.1, 0.15) is 0 Å². The highest BCUT2D eigenvalue weighted by molar-refractivity contribution is 5.94. The number of hydrogen-bond donors (Lipinski definition) is 2. The number of aromatic carboxylic acids is 1. The molecule has 2 aromatic carbocycles. The number of benzene rings is 2. The van der Waals surface area contributed by atoms with Gasteiger partial charge in [0.15, 0.2) is 0 Å². The predicted octanol–water partition coefficient (Wildman–Crippen LogP) is 3.96. The summed E-state index contributed by atoms with van der Waals surface area (Å²) in [4.78, 5) is 23.0. The lowest BCUT2D eigenvalue weighted by molar-refractivity contribution is -0.116. The smallest absolute Gasteiger partial charge is 0.335 e. The molecule has 0 aliphatic rings. The van der Waals surface area contributed by atoms with Gasteiger partial charge in [0, 0.05) is 12.1 Å². The van der Waals surface area contributed by atoms with Crippen molar-refractivity contribution in [3.05, 3.63) is 64.7 Å². The molecule has 0 saturated carbocycles. The molecule has 120 valence electrons. The van der Waals surface area contributed by atoms with Crippen molar-refractivity contribution in [1.82, 2.24) is 0 Å². The Morgan fingerprint density at radius 3 is 2.39 bits per heavy atom. The Balaban J connectivity index is 1.88.